The van der Waals surface area contributed by atoms with Gasteiger partial charge in [0, 0.05) is 12.8 Å². The van der Waals surface area contributed by atoms with Crippen molar-refractivity contribution in [3.63, 3.8) is 0 Å². The molecule has 1 rings (SSSR count). The molecule has 0 aliphatic heterocycles. The molecule has 0 radical (unpaired) electrons. The molecule has 0 aromatic heterocycles. The smallest absolute Gasteiger partial charge is 0.160 e. The summed E-state index contributed by atoms with van der Waals surface area (Å²) in [5, 5.41) is 0. The number of carbonyl (C=O) groups is 1. The van der Waals surface area contributed by atoms with Crippen molar-refractivity contribution >= 4 is 5.78 Å². The highest BCUT2D eigenvalue weighted by molar-refractivity contribution is 5.78. The van der Waals surface area contributed by atoms with Gasteiger partial charge in [0.25, 0.3) is 0 Å². The van der Waals surface area contributed by atoms with E-state index in [4.69, 9.17) is 9.47 Å². The van der Waals surface area contributed by atoms with E-state index in [2.05, 4.69) is 6.92 Å². The largest absolute Gasteiger partial charge is 0.493 e. The number of Topliss-reactive ketones (excluding diaryl/α,β-unsaturated/α-hetero) is 1. The lowest BCUT2D eigenvalue weighted by Gasteiger charge is -2.09. The van der Waals surface area contributed by atoms with Gasteiger partial charge >= 0.3 is 0 Å². The Kier molecular flexibility index (Phi) is 6.26. The summed E-state index contributed by atoms with van der Waals surface area (Å²) >= 11 is 0. The van der Waals surface area contributed by atoms with Gasteiger partial charge in [-0.05, 0) is 30.5 Å². The molecule has 0 amide bonds. The van der Waals surface area contributed by atoms with Gasteiger partial charge in [0.05, 0.1) is 14.2 Å². The van der Waals surface area contributed by atoms with E-state index in [1.807, 2.05) is 18.2 Å². The number of carbonyl (C=O) groups excluding carboxylic acids is 1. The maximum atomic E-state index is 11.6. The van der Waals surface area contributed by atoms with E-state index in [1.165, 1.54) is 0 Å². The average Bonchev–Trinajstić information content (AvgIpc) is 2.42. The summed E-state index contributed by atoms with van der Waals surface area (Å²) in [6, 6.07) is 5.80. The summed E-state index contributed by atoms with van der Waals surface area (Å²) in [6.45, 7) is 2.10. The molecule has 0 spiro atoms. The Bertz CT molecular complexity index is 385. The van der Waals surface area contributed by atoms with Crippen LogP contribution < -0.4 is 9.47 Å². The number of hydrogen-bond donors (Lipinski definition) is 0. The van der Waals surface area contributed by atoms with Gasteiger partial charge in [-0.15, -0.1) is 0 Å². The normalized spacial score (nSPS) is 10.2. The Balaban J connectivity index is 2.55. The highest BCUT2D eigenvalue weighted by Gasteiger charge is 2.06. The number of hydrogen-bond acceptors (Lipinski definition) is 3. The highest BCUT2D eigenvalue weighted by atomic mass is 16.5. The van der Waals surface area contributed by atoms with Gasteiger partial charge in [0.15, 0.2) is 11.5 Å². The minimum absolute atomic E-state index is 0.339. The van der Waals surface area contributed by atoms with E-state index in [0.29, 0.717) is 18.6 Å². The third kappa shape index (κ3) is 4.40. The lowest BCUT2D eigenvalue weighted by molar-refractivity contribution is -0.119. The first-order valence-corrected chi connectivity index (χ1v) is 6.43. The van der Waals surface area contributed by atoms with Crippen molar-refractivity contribution in [1.29, 1.82) is 0 Å². The number of methoxy groups -OCH3 is 2. The minimum atomic E-state index is 0.339. The number of unbranched alkanes of at least 4 members (excludes halogenated alkanes) is 1. The zero-order chi connectivity index (χ0) is 13.4. The van der Waals surface area contributed by atoms with Gasteiger partial charge in [-0.1, -0.05) is 19.4 Å². The SMILES string of the molecule is CCCCC(=O)CCc1ccc(OC)c(OC)c1. The molecule has 0 atom stereocenters. The first kappa shape index (κ1) is 14.6. The van der Waals surface area contributed by atoms with Gasteiger partial charge < -0.3 is 9.47 Å². The maximum Gasteiger partial charge on any atom is 0.160 e. The zero-order valence-corrected chi connectivity index (χ0v) is 11.5. The van der Waals surface area contributed by atoms with Crippen LogP contribution in [0.5, 0.6) is 11.5 Å². The molecule has 0 aliphatic carbocycles. The second-order valence-electron chi connectivity index (χ2n) is 4.33. The quantitative estimate of drug-likeness (QED) is 0.709. The molecule has 0 saturated carbocycles. The van der Waals surface area contributed by atoms with Crippen LogP contribution in [0, 0.1) is 0 Å². The number of ether oxygens (including phenoxy) is 2. The molecule has 0 N–H and O–H groups in total. The summed E-state index contributed by atoms with van der Waals surface area (Å²) in [7, 11) is 3.24. The van der Waals surface area contributed by atoms with E-state index >= 15 is 0 Å². The molecule has 1 aromatic rings. The predicted octanol–water partition coefficient (Wildman–Crippen LogP) is 3.40. The van der Waals surface area contributed by atoms with Crippen molar-refractivity contribution in [3.05, 3.63) is 23.8 Å². The Morgan fingerprint density at radius 1 is 1.11 bits per heavy atom. The first-order valence-electron chi connectivity index (χ1n) is 6.43. The lowest BCUT2D eigenvalue weighted by atomic mass is 10.0. The third-order valence-corrected chi connectivity index (χ3v) is 2.95. The van der Waals surface area contributed by atoms with Crippen LogP contribution >= 0.6 is 0 Å². The fraction of sp³-hybridized carbons (Fsp3) is 0.533. The van der Waals surface area contributed by atoms with Crippen LogP contribution in [0.1, 0.15) is 38.2 Å². The number of benzene rings is 1. The number of aryl methyl sites for hydroxylation is 1. The van der Waals surface area contributed by atoms with Crippen LogP contribution in [0.3, 0.4) is 0 Å². The molecule has 0 unspecified atom stereocenters. The molecule has 0 aliphatic rings. The second-order valence-corrected chi connectivity index (χ2v) is 4.33. The summed E-state index contributed by atoms with van der Waals surface area (Å²) in [6.07, 6.45) is 4.13. The molecule has 3 heteroatoms. The predicted molar refractivity (Wildman–Crippen MR) is 72.4 cm³/mol. The van der Waals surface area contributed by atoms with Crippen LogP contribution in [0.15, 0.2) is 18.2 Å². The molecular weight excluding hydrogens is 228 g/mol. The topological polar surface area (TPSA) is 35.5 Å². The Labute approximate surface area is 109 Å². The van der Waals surface area contributed by atoms with Crippen LogP contribution in [0.2, 0.25) is 0 Å². The van der Waals surface area contributed by atoms with Gasteiger partial charge in [0.2, 0.25) is 0 Å². The first-order chi connectivity index (χ1) is 8.71. The summed E-state index contributed by atoms with van der Waals surface area (Å²) in [5.74, 6) is 1.78. The van der Waals surface area contributed by atoms with Crippen molar-refractivity contribution < 1.29 is 14.3 Å². The van der Waals surface area contributed by atoms with E-state index in [1.54, 1.807) is 14.2 Å². The number of ketones is 1. The van der Waals surface area contributed by atoms with Crippen LogP contribution in [-0.4, -0.2) is 20.0 Å². The lowest BCUT2D eigenvalue weighted by Crippen LogP contribution is -2.00. The van der Waals surface area contributed by atoms with Crippen molar-refractivity contribution in [2.45, 2.75) is 39.0 Å². The van der Waals surface area contributed by atoms with Gasteiger partial charge in [0.1, 0.15) is 5.78 Å². The van der Waals surface area contributed by atoms with Crippen LogP contribution in [0.25, 0.3) is 0 Å². The zero-order valence-electron chi connectivity index (χ0n) is 11.5. The second kappa shape index (κ2) is 7.75. The van der Waals surface area contributed by atoms with Crippen molar-refractivity contribution in [3.8, 4) is 11.5 Å². The van der Waals surface area contributed by atoms with Gasteiger partial charge in [-0.3, -0.25) is 4.79 Å². The Morgan fingerprint density at radius 2 is 1.83 bits per heavy atom. The van der Waals surface area contributed by atoms with Gasteiger partial charge in [-0.2, -0.15) is 0 Å². The summed E-state index contributed by atoms with van der Waals surface area (Å²) < 4.78 is 10.4. The molecule has 0 bridgehead atoms. The van der Waals surface area contributed by atoms with E-state index in [-0.39, 0.29) is 0 Å². The monoisotopic (exact) mass is 250 g/mol. The Morgan fingerprint density at radius 3 is 2.44 bits per heavy atom. The maximum absolute atomic E-state index is 11.6. The van der Waals surface area contributed by atoms with E-state index in [9.17, 15) is 4.79 Å². The fourth-order valence-electron chi connectivity index (χ4n) is 1.82. The molecule has 0 saturated heterocycles. The van der Waals surface area contributed by atoms with Crippen molar-refractivity contribution in [2.75, 3.05) is 14.2 Å². The summed E-state index contributed by atoms with van der Waals surface area (Å²) in [4.78, 5) is 11.6. The van der Waals surface area contributed by atoms with Crippen LogP contribution in [0.4, 0.5) is 0 Å². The molecule has 0 heterocycles. The van der Waals surface area contributed by atoms with Crippen molar-refractivity contribution in [1.82, 2.24) is 0 Å². The molecule has 0 fully saturated rings. The van der Waals surface area contributed by atoms with E-state index in [0.717, 1.165) is 36.3 Å². The minimum Gasteiger partial charge on any atom is -0.493 e. The van der Waals surface area contributed by atoms with Gasteiger partial charge in [-0.25, -0.2) is 0 Å². The molecule has 18 heavy (non-hydrogen) atoms. The highest BCUT2D eigenvalue weighted by Crippen LogP contribution is 2.28. The Hall–Kier alpha value is -1.51. The van der Waals surface area contributed by atoms with Crippen LogP contribution in [-0.2, 0) is 11.2 Å². The molecule has 100 valence electrons. The summed E-state index contributed by atoms with van der Waals surface area (Å²) in [5.41, 5.74) is 1.11. The van der Waals surface area contributed by atoms with Crippen molar-refractivity contribution in [2.24, 2.45) is 0 Å². The molecular formula is C15H22O3. The average molecular weight is 250 g/mol. The molecule has 3 nitrogen and oxygen atoms in total. The third-order valence-electron chi connectivity index (χ3n) is 2.95. The van der Waals surface area contributed by atoms with E-state index < -0.39 is 0 Å². The molecule has 1 aromatic carbocycles. The number of rotatable bonds is 8. The standard InChI is InChI=1S/C15H22O3/c1-4-5-6-13(16)9-7-12-8-10-14(17-2)15(11-12)18-3/h8,10-11H,4-7,9H2,1-3H3. The fourth-order valence-corrected chi connectivity index (χ4v) is 1.82.